The Hall–Kier alpha value is -3.80. The van der Waals surface area contributed by atoms with Gasteiger partial charge in [0.05, 0.1) is 25.3 Å². The summed E-state index contributed by atoms with van der Waals surface area (Å²) < 4.78 is 50.4. The fraction of sp³-hybridized carbons (Fsp3) is 0.360. The second kappa shape index (κ2) is 11.7. The molecule has 3 rings (SSSR count). The van der Waals surface area contributed by atoms with E-state index in [4.69, 9.17) is 21.1 Å². The third kappa shape index (κ3) is 6.94. The maximum atomic E-state index is 13.4. The molecule has 2 atom stereocenters. The Morgan fingerprint density at radius 3 is 2.34 bits per heavy atom. The molecule has 38 heavy (non-hydrogen) atoms. The number of methoxy groups -OCH3 is 1. The molecule has 13 heteroatoms. The smallest absolute Gasteiger partial charge is 0.425 e. The number of halogens is 4. The zero-order chi connectivity index (χ0) is 28.2. The zero-order valence-electron chi connectivity index (χ0n) is 21.0. The molecular formula is C25H26ClF3N4O5. The van der Waals surface area contributed by atoms with Crippen molar-refractivity contribution in [1.29, 1.82) is 0 Å². The van der Waals surface area contributed by atoms with E-state index in [1.165, 1.54) is 36.8 Å². The topological polar surface area (TPSA) is 108 Å². The minimum Gasteiger partial charge on any atom is -0.481 e. The van der Waals surface area contributed by atoms with Crippen molar-refractivity contribution in [2.24, 2.45) is 10.9 Å². The molecular weight excluding hydrogens is 529 g/mol. The molecule has 0 saturated carbocycles. The van der Waals surface area contributed by atoms with Crippen molar-refractivity contribution in [2.75, 3.05) is 7.11 Å². The number of benzene rings is 2. The number of carbonyl (C=O) groups is 1. The highest BCUT2D eigenvalue weighted by Gasteiger charge is 2.38. The van der Waals surface area contributed by atoms with Crippen LogP contribution in [0.2, 0.25) is 5.02 Å². The first-order chi connectivity index (χ1) is 17.8. The highest BCUT2D eigenvalue weighted by Crippen LogP contribution is 2.29. The first-order valence-corrected chi connectivity index (χ1v) is 11.8. The number of aryl methyl sites for hydroxylation is 1. The van der Waals surface area contributed by atoms with Gasteiger partial charge >= 0.3 is 23.5 Å². The van der Waals surface area contributed by atoms with Gasteiger partial charge in [-0.05, 0) is 55.3 Å². The Kier molecular flexibility index (Phi) is 8.87. The molecule has 0 aliphatic carbocycles. The summed E-state index contributed by atoms with van der Waals surface area (Å²) in [4.78, 5) is 45.0. The van der Waals surface area contributed by atoms with Gasteiger partial charge in [-0.1, -0.05) is 30.7 Å². The molecule has 3 aromatic rings. The van der Waals surface area contributed by atoms with Crippen LogP contribution in [0.25, 0.3) is 0 Å². The quantitative estimate of drug-likeness (QED) is 0.427. The maximum Gasteiger partial charge on any atom is 0.425 e. The largest absolute Gasteiger partial charge is 0.481 e. The summed E-state index contributed by atoms with van der Waals surface area (Å²) >= 11 is 5.96. The van der Waals surface area contributed by atoms with Crippen LogP contribution in [0.1, 0.15) is 25.0 Å². The van der Waals surface area contributed by atoms with Crippen molar-refractivity contribution < 1.29 is 27.4 Å². The van der Waals surface area contributed by atoms with E-state index in [9.17, 15) is 27.6 Å². The highest BCUT2D eigenvalue weighted by atomic mass is 35.5. The van der Waals surface area contributed by atoms with Crippen molar-refractivity contribution in [3.05, 3.63) is 85.2 Å². The van der Waals surface area contributed by atoms with Gasteiger partial charge in [-0.25, -0.2) is 19.1 Å². The lowest BCUT2D eigenvalue weighted by Crippen LogP contribution is -2.51. The number of hydrogen-bond acceptors (Lipinski definition) is 6. The number of alkyl halides is 3. The number of rotatable bonds is 8. The second-order valence-corrected chi connectivity index (χ2v) is 9.08. The molecule has 2 aromatic carbocycles. The van der Waals surface area contributed by atoms with Crippen LogP contribution in [0.5, 0.6) is 5.75 Å². The van der Waals surface area contributed by atoms with Crippen molar-refractivity contribution >= 4 is 23.3 Å². The Bertz CT molecular complexity index is 1490. The molecule has 1 unspecified atom stereocenters. The van der Waals surface area contributed by atoms with Crippen molar-refractivity contribution in [3.8, 4) is 5.75 Å². The summed E-state index contributed by atoms with van der Waals surface area (Å²) in [5, 5.41) is 0.493. The number of nitrogens with zero attached hydrogens (tertiary/aromatic N) is 3. The monoisotopic (exact) mass is 554 g/mol. The molecule has 1 N–H and O–H groups in total. The average Bonchev–Trinajstić information content (AvgIpc) is 2.85. The highest BCUT2D eigenvalue weighted by molar-refractivity contribution is 6.30. The van der Waals surface area contributed by atoms with Gasteiger partial charge in [0.2, 0.25) is 5.62 Å². The van der Waals surface area contributed by atoms with Crippen LogP contribution >= 0.6 is 11.6 Å². The first kappa shape index (κ1) is 28.8. The predicted octanol–water partition coefficient (Wildman–Crippen LogP) is 3.72. The van der Waals surface area contributed by atoms with Crippen molar-refractivity contribution in [2.45, 2.75) is 46.1 Å². The van der Waals surface area contributed by atoms with Gasteiger partial charge in [0.15, 0.2) is 6.10 Å². The van der Waals surface area contributed by atoms with Gasteiger partial charge in [0, 0.05) is 11.6 Å². The van der Waals surface area contributed by atoms with Gasteiger partial charge < -0.3 is 9.47 Å². The average molecular weight is 555 g/mol. The summed E-state index contributed by atoms with van der Waals surface area (Å²) in [5.41, 5.74) is -0.326. The lowest BCUT2D eigenvalue weighted by Gasteiger charge is -2.19. The first-order valence-electron chi connectivity index (χ1n) is 11.4. The Morgan fingerprint density at radius 2 is 1.76 bits per heavy atom. The van der Waals surface area contributed by atoms with E-state index in [1.54, 1.807) is 31.2 Å². The number of aromatic nitrogens is 3. The van der Waals surface area contributed by atoms with E-state index >= 15 is 0 Å². The summed E-state index contributed by atoms with van der Waals surface area (Å²) in [6.07, 6.45) is -6.54. The number of H-pyrrole nitrogens is 1. The van der Waals surface area contributed by atoms with Crippen LogP contribution in [-0.2, 0) is 22.6 Å². The molecule has 0 spiro atoms. The SMILES string of the molecule is COC(=O)[C@@H](C)Cn1c(=O)[nH]/c(=N\c2ccc(OC(C)C(F)(F)F)c(C)c2)n(Cc2ccc(Cl)cc2)c1=O. The van der Waals surface area contributed by atoms with Crippen LogP contribution in [-0.4, -0.2) is 39.5 Å². The van der Waals surface area contributed by atoms with Crippen LogP contribution < -0.4 is 21.7 Å². The summed E-state index contributed by atoms with van der Waals surface area (Å²) in [6, 6.07) is 10.9. The Morgan fingerprint density at radius 1 is 1.11 bits per heavy atom. The van der Waals surface area contributed by atoms with E-state index < -0.39 is 35.5 Å². The van der Waals surface area contributed by atoms with Gasteiger partial charge in [0.25, 0.3) is 0 Å². The van der Waals surface area contributed by atoms with E-state index in [1.807, 2.05) is 0 Å². The van der Waals surface area contributed by atoms with E-state index in [0.29, 0.717) is 16.1 Å². The van der Waals surface area contributed by atoms with Crippen LogP contribution in [0.15, 0.2) is 57.0 Å². The number of aromatic amines is 1. The maximum absolute atomic E-state index is 13.4. The van der Waals surface area contributed by atoms with Crippen LogP contribution in [0, 0.1) is 12.8 Å². The minimum absolute atomic E-state index is 0.00148. The van der Waals surface area contributed by atoms with Crippen LogP contribution in [0.4, 0.5) is 18.9 Å². The van der Waals surface area contributed by atoms with Gasteiger partial charge in [-0.15, -0.1) is 0 Å². The fourth-order valence-corrected chi connectivity index (χ4v) is 3.61. The third-order valence-corrected chi connectivity index (χ3v) is 5.91. The number of ether oxygens (including phenoxy) is 2. The normalized spacial score (nSPS) is 13.7. The molecule has 0 saturated heterocycles. The molecule has 0 fully saturated rings. The number of esters is 1. The lowest BCUT2D eigenvalue weighted by atomic mass is 10.2. The third-order valence-electron chi connectivity index (χ3n) is 5.65. The number of carbonyl (C=O) groups excluding carboxylic acids is 1. The molecule has 0 aliphatic heterocycles. The Balaban J connectivity index is 2.11. The molecule has 204 valence electrons. The minimum atomic E-state index is -4.53. The van der Waals surface area contributed by atoms with Crippen molar-refractivity contribution in [1.82, 2.24) is 14.1 Å². The van der Waals surface area contributed by atoms with Crippen LogP contribution in [0.3, 0.4) is 0 Å². The summed E-state index contributed by atoms with van der Waals surface area (Å²) in [7, 11) is 1.20. The van der Waals surface area contributed by atoms with E-state index in [0.717, 1.165) is 11.5 Å². The van der Waals surface area contributed by atoms with Gasteiger partial charge in [-0.2, -0.15) is 13.2 Å². The lowest BCUT2D eigenvalue weighted by molar-refractivity contribution is -0.189. The molecule has 0 amide bonds. The molecule has 0 bridgehead atoms. The van der Waals surface area contributed by atoms with Gasteiger partial charge in [-0.3, -0.25) is 14.3 Å². The summed E-state index contributed by atoms with van der Waals surface area (Å²) in [6.45, 7) is 3.74. The molecule has 1 heterocycles. The standard InChI is InChI=1S/C25H26ClF3N4O5/c1-14-11-19(9-10-20(14)38-16(3)25(27,28)29)30-22-31-23(35)33(12-15(2)21(34)37-4)24(36)32(22)13-17-5-7-18(26)8-6-17/h5-11,15-16H,12-13H2,1-4H3,(H,30,31,35)/t15-,16?/m0/s1. The molecule has 0 aliphatic rings. The zero-order valence-corrected chi connectivity index (χ0v) is 21.8. The number of nitrogens with one attached hydrogen (secondary N) is 1. The number of hydrogen-bond donors (Lipinski definition) is 1. The predicted molar refractivity (Wildman–Crippen MR) is 134 cm³/mol. The molecule has 1 aromatic heterocycles. The molecule has 9 nitrogen and oxygen atoms in total. The van der Waals surface area contributed by atoms with Gasteiger partial charge in [0.1, 0.15) is 5.75 Å². The Labute approximate surface area is 220 Å². The second-order valence-electron chi connectivity index (χ2n) is 8.65. The molecule has 0 radical (unpaired) electrons. The van der Waals surface area contributed by atoms with E-state index in [-0.39, 0.29) is 30.1 Å². The fourth-order valence-electron chi connectivity index (χ4n) is 3.48. The summed E-state index contributed by atoms with van der Waals surface area (Å²) in [5.74, 6) is -1.35. The van der Waals surface area contributed by atoms with Crippen molar-refractivity contribution in [3.63, 3.8) is 0 Å². The van der Waals surface area contributed by atoms with E-state index in [2.05, 4.69) is 9.98 Å².